The fraction of sp³-hybridized carbons (Fsp3) is 0.714. The van der Waals surface area contributed by atoms with Crippen LogP contribution in [0.3, 0.4) is 0 Å². The smallest absolute Gasteiger partial charge is 0.0412 e. The van der Waals surface area contributed by atoms with Crippen LogP contribution in [-0.2, 0) is 0 Å². The van der Waals surface area contributed by atoms with Crippen molar-refractivity contribution in [2.24, 2.45) is 0 Å². The van der Waals surface area contributed by atoms with Crippen LogP contribution in [0.2, 0.25) is 0 Å². The number of hydrogen-bond donors (Lipinski definition) is 2. The number of nitrogens with zero attached hydrogens (tertiary/aromatic N) is 1. The Hall–Kier alpha value is -1.06. The summed E-state index contributed by atoms with van der Waals surface area (Å²) in [5.74, 6) is 1.07. The normalized spacial score (nSPS) is 14.5. The molecule has 3 nitrogen and oxygen atoms in total. The van der Waals surface area contributed by atoms with Crippen molar-refractivity contribution < 1.29 is 0 Å². The Morgan fingerprint density at radius 1 is 0.875 bits per heavy atom. The van der Waals surface area contributed by atoms with E-state index in [4.69, 9.17) is 0 Å². The lowest BCUT2D eigenvalue weighted by Crippen LogP contribution is -2.36. The molecule has 0 aliphatic carbocycles. The summed E-state index contributed by atoms with van der Waals surface area (Å²) in [6.07, 6.45) is 1.12. The molecule has 0 heterocycles. The number of rotatable bonds is 10. The van der Waals surface area contributed by atoms with Gasteiger partial charge in [-0.15, -0.1) is 0 Å². The van der Waals surface area contributed by atoms with Gasteiger partial charge in [0.15, 0.2) is 0 Å². The van der Waals surface area contributed by atoms with E-state index >= 15 is 0 Å². The van der Waals surface area contributed by atoms with Crippen molar-refractivity contribution in [3.63, 3.8) is 0 Å². The highest BCUT2D eigenvalue weighted by Crippen LogP contribution is 2.33. The Morgan fingerprint density at radius 3 is 1.88 bits per heavy atom. The van der Waals surface area contributed by atoms with Gasteiger partial charge in [0.2, 0.25) is 0 Å². The first-order chi connectivity index (χ1) is 11.2. The summed E-state index contributed by atoms with van der Waals surface area (Å²) in [5.41, 5.74) is 4.22. The molecule has 0 spiro atoms. The number of anilines is 1. The van der Waals surface area contributed by atoms with Gasteiger partial charge >= 0.3 is 0 Å². The minimum Gasteiger partial charge on any atom is -0.382 e. The van der Waals surface area contributed by atoms with Gasteiger partial charge in [-0.05, 0) is 57.3 Å². The second-order valence-corrected chi connectivity index (χ2v) is 8.06. The molecule has 1 aromatic rings. The van der Waals surface area contributed by atoms with Gasteiger partial charge in [-0.2, -0.15) is 0 Å². The van der Waals surface area contributed by atoms with Crippen LogP contribution in [0.15, 0.2) is 18.2 Å². The van der Waals surface area contributed by atoms with Crippen LogP contribution in [0.25, 0.3) is 0 Å². The molecule has 0 saturated carbocycles. The number of nitrogens with one attached hydrogen (secondary N) is 2. The zero-order valence-electron chi connectivity index (χ0n) is 17.1. The third-order valence-corrected chi connectivity index (χ3v) is 4.52. The Balaban J connectivity index is 2.73. The standard InChI is InChI=1S/C21H39N3/c1-15(2)19-10-9-11-20(16(3)4)21(19)23-18(6)14-17(5)22-12-13-24(7)8/h9-11,15-18,22-23H,12-14H2,1-8H3. The van der Waals surface area contributed by atoms with Crippen LogP contribution in [0.4, 0.5) is 5.69 Å². The molecule has 2 N–H and O–H groups in total. The molecule has 0 saturated heterocycles. The second-order valence-electron chi connectivity index (χ2n) is 8.06. The summed E-state index contributed by atoms with van der Waals surface area (Å²) >= 11 is 0. The molecular formula is C21H39N3. The topological polar surface area (TPSA) is 27.3 Å². The van der Waals surface area contributed by atoms with Crippen LogP contribution < -0.4 is 10.6 Å². The number of likely N-dealkylation sites (N-methyl/N-ethyl adjacent to an activating group) is 1. The molecule has 0 radical (unpaired) electrons. The first-order valence-corrected chi connectivity index (χ1v) is 9.49. The fourth-order valence-corrected chi connectivity index (χ4v) is 3.17. The minimum atomic E-state index is 0.448. The Morgan fingerprint density at radius 2 is 1.42 bits per heavy atom. The summed E-state index contributed by atoms with van der Waals surface area (Å²) in [6, 6.07) is 7.70. The Bertz CT molecular complexity index is 454. The van der Waals surface area contributed by atoms with Gasteiger partial charge < -0.3 is 15.5 Å². The molecule has 2 unspecified atom stereocenters. The maximum atomic E-state index is 3.82. The summed E-state index contributed by atoms with van der Waals surface area (Å²) in [7, 11) is 4.24. The summed E-state index contributed by atoms with van der Waals surface area (Å²) < 4.78 is 0. The molecular weight excluding hydrogens is 294 g/mol. The van der Waals surface area contributed by atoms with Crippen molar-refractivity contribution in [1.82, 2.24) is 10.2 Å². The zero-order chi connectivity index (χ0) is 18.3. The average Bonchev–Trinajstić information content (AvgIpc) is 2.46. The van der Waals surface area contributed by atoms with Crippen LogP contribution in [0, 0.1) is 0 Å². The van der Waals surface area contributed by atoms with E-state index in [2.05, 4.69) is 89.4 Å². The van der Waals surface area contributed by atoms with E-state index in [1.165, 1.54) is 16.8 Å². The quantitative estimate of drug-likeness (QED) is 0.652. The average molecular weight is 334 g/mol. The van der Waals surface area contributed by atoms with E-state index in [9.17, 15) is 0 Å². The predicted molar refractivity (Wildman–Crippen MR) is 108 cm³/mol. The highest BCUT2D eigenvalue weighted by molar-refractivity contribution is 5.60. The van der Waals surface area contributed by atoms with Crippen molar-refractivity contribution in [3.8, 4) is 0 Å². The molecule has 0 fully saturated rings. The van der Waals surface area contributed by atoms with E-state index < -0.39 is 0 Å². The van der Waals surface area contributed by atoms with Gasteiger partial charge in [0, 0.05) is 30.9 Å². The van der Waals surface area contributed by atoms with Crippen LogP contribution in [0.1, 0.15) is 70.9 Å². The van der Waals surface area contributed by atoms with Gasteiger partial charge in [-0.3, -0.25) is 0 Å². The van der Waals surface area contributed by atoms with E-state index in [0.29, 0.717) is 23.9 Å². The fourth-order valence-electron chi connectivity index (χ4n) is 3.17. The summed E-state index contributed by atoms with van der Waals surface area (Å²) in [5, 5.41) is 7.45. The molecule has 3 heteroatoms. The van der Waals surface area contributed by atoms with Crippen molar-refractivity contribution in [2.75, 3.05) is 32.5 Å². The predicted octanol–water partition coefficient (Wildman–Crippen LogP) is 4.66. The Labute approximate surface area is 150 Å². The third kappa shape index (κ3) is 6.82. The van der Waals surface area contributed by atoms with Gasteiger partial charge in [0.25, 0.3) is 0 Å². The zero-order valence-corrected chi connectivity index (χ0v) is 17.1. The number of hydrogen-bond acceptors (Lipinski definition) is 3. The molecule has 1 rings (SSSR count). The second kappa shape index (κ2) is 10.0. The first-order valence-electron chi connectivity index (χ1n) is 9.49. The van der Waals surface area contributed by atoms with E-state index in [0.717, 1.165) is 19.5 Å². The summed E-state index contributed by atoms with van der Waals surface area (Å²) in [4.78, 5) is 2.22. The highest BCUT2D eigenvalue weighted by atomic mass is 15.1. The monoisotopic (exact) mass is 333 g/mol. The molecule has 0 aliphatic rings. The highest BCUT2D eigenvalue weighted by Gasteiger charge is 2.16. The number of para-hydroxylation sites is 1. The van der Waals surface area contributed by atoms with Gasteiger partial charge in [-0.25, -0.2) is 0 Å². The van der Waals surface area contributed by atoms with Gasteiger partial charge in [0.05, 0.1) is 0 Å². The Kier molecular flexibility index (Phi) is 8.79. The van der Waals surface area contributed by atoms with Crippen molar-refractivity contribution in [1.29, 1.82) is 0 Å². The maximum Gasteiger partial charge on any atom is 0.0412 e. The lowest BCUT2D eigenvalue weighted by atomic mass is 9.92. The molecule has 0 aromatic heterocycles. The molecule has 138 valence electrons. The lowest BCUT2D eigenvalue weighted by molar-refractivity contribution is 0.380. The minimum absolute atomic E-state index is 0.448. The van der Waals surface area contributed by atoms with E-state index in [1.54, 1.807) is 0 Å². The molecule has 0 amide bonds. The van der Waals surface area contributed by atoms with E-state index in [1.807, 2.05) is 0 Å². The van der Waals surface area contributed by atoms with Crippen molar-refractivity contribution in [2.45, 2.75) is 71.9 Å². The SMILES string of the molecule is CC(CC(C)Nc1c(C(C)C)cccc1C(C)C)NCCN(C)C. The molecule has 0 aliphatic heterocycles. The molecule has 2 atom stereocenters. The lowest BCUT2D eigenvalue weighted by Gasteiger charge is -2.26. The first kappa shape index (κ1) is 21.0. The van der Waals surface area contributed by atoms with Crippen LogP contribution >= 0.6 is 0 Å². The maximum absolute atomic E-state index is 3.82. The third-order valence-electron chi connectivity index (χ3n) is 4.52. The molecule has 24 heavy (non-hydrogen) atoms. The van der Waals surface area contributed by atoms with Crippen LogP contribution in [-0.4, -0.2) is 44.2 Å². The van der Waals surface area contributed by atoms with E-state index in [-0.39, 0.29) is 0 Å². The van der Waals surface area contributed by atoms with Crippen molar-refractivity contribution in [3.05, 3.63) is 29.3 Å². The molecule has 0 bridgehead atoms. The number of benzene rings is 1. The van der Waals surface area contributed by atoms with Gasteiger partial charge in [0.1, 0.15) is 0 Å². The van der Waals surface area contributed by atoms with Crippen molar-refractivity contribution >= 4 is 5.69 Å². The molecule has 1 aromatic carbocycles. The largest absolute Gasteiger partial charge is 0.382 e. The summed E-state index contributed by atoms with van der Waals surface area (Å²) in [6.45, 7) is 15.8. The van der Waals surface area contributed by atoms with Gasteiger partial charge in [-0.1, -0.05) is 45.9 Å². The van der Waals surface area contributed by atoms with Crippen LogP contribution in [0.5, 0.6) is 0 Å².